The van der Waals surface area contributed by atoms with Crippen LogP contribution < -0.4 is 10.6 Å². The van der Waals surface area contributed by atoms with Gasteiger partial charge in [-0.2, -0.15) is 13.2 Å². The Morgan fingerprint density at radius 2 is 1.93 bits per heavy atom. The van der Waals surface area contributed by atoms with Gasteiger partial charge in [0.25, 0.3) is 0 Å². The van der Waals surface area contributed by atoms with Gasteiger partial charge in [-0.05, 0) is 58.2 Å². The van der Waals surface area contributed by atoms with Gasteiger partial charge in [-0.25, -0.2) is 4.79 Å². The van der Waals surface area contributed by atoms with E-state index in [4.69, 9.17) is 4.74 Å². The smallest absolute Gasteiger partial charge is 0.416 e. The van der Waals surface area contributed by atoms with Gasteiger partial charge in [0.05, 0.1) is 5.56 Å². The average molecular weight is 386 g/mol. The minimum absolute atomic E-state index is 0.00506. The number of carbonyl (C=O) groups is 2. The summed E-state index contributed by atoms with van der Waals surface area (Å²) >= 11 is 0. The van der Waals surface area contributed by atoms with E-state index < -0.39 is 35.4 Å². The lowest BCUT2D eigenvalue weighted by Gasteiger charge is -2.23. The summed E-state index contributed by atoms with van der Waals surface area (Å²) in [6, 6.07) is 3.35. The summed E-state index contributed by atoms with van der Waals surface area (Å²) in [7, 11) is 0. The number of benzene rings is 1. The number of unbranched alkanes of at least 4 members (excludes halogenated alkanes) is 1. The third kappa shape index (κ3) is 8.61. The second kappa shape index (κ2) is 9.43. The molecule has 5 nitrogen and oxygen atoms in total. The summed E-state index contributed by atoms with van der Waals surface area (Å²) in [5.41, 5.74) is -1.62. The maximum absolute atomic E-state index is 12.8. The topological polar surface area (TPSA) is 67.4 Å². The van der Waals surface area contributed by atoms with Crippen molar-refractivity contribution in [1.82, 2.24) is 5.32 Å². The molecule has 1 atom stereocenters. The van der Waals surface area contributed by atoms with Gasteiger partial charge in [0.2, 0.25) is 5.91 Å². The predicted molar refractivity (Wildman–Crippen MR) is 97.3 cm³/mol. The van der Waals surface area contributed by atoms with Crippen LogP contribution >= 0.6 is 0 Å². The molecule has 1 rings (SSSR count). The van der Waals surface area contributed by atoms with Gasteiger partial charge in [-0.15, -0.1) is 6.58 Å². The lowest BCUT2D eigenvalue weighted by molar-refractivity contribution is -0.137. The number of halogens is 3. The van der Waals surface area contributed by atoms with Gasteiger partial charge in [0, 0.05) is 5.69 Å². The Hall–Kier alpha value is -2.51. The minimum Gasteiger partial charge on any atom is -0.444 e. The number of amides is 2. The molecule has 1 aromatic rings. The van der Waals surface area contributed by atoms with Gasteiger partial charge in [-0.1, -0.05) is 12.1 Å². The van der Waals surface area contributed by atoms with Crippen molar-refractivity contribution in [2.45, 2.75) is 57.9 Å². The molecule has 150 valence electrons. The Morgan fingerprint density at radius 1 is 1.26 bits per heavy atom. The second-order valence-electron chi connectivity index (χ2n) is 6.99. The summed E-state index contributed by atoms with van der Waals surface area (Å²) in [5, 5.41) is 4.88. The van der Waals surface area contributed by atoms with E-state index in [-0.39, 0.29) is 12.1 Å². The van der Waals surface area contributed by atoms with Crippen molar-refractivity contribution in [1.29, 1.82) is 0 Å². The summed E-state index contributed by atoms with van der Waals surface area (Å²) in [6.07, 6.45) is -2.13. The van der Waals surface area contributed by atoms with Gasteiger partial charge < -0.3 is 15.4 Å². The van der Waals surface area contributed by atoms with Crippen LogP contribution in [0.15, 0.2) is 36.9 Å². The second-order valence-corrected chi connectivity index (χ2v) is 6.99. The summed E-state index contributed by atoms with van der Waals surface area (Å²) in [4.78, 5) is 24.4. The Morgan fingerprint density at radius 3 is 2.48 bits per heavy atom. The fourth-order valence-corrected chi connectivity index (χ4v) is 2.19. The fourth-order valence-electron chi connectivity index (χ4n) is 2.19. The van der Waals surface area contributed by atoms with E-state index >= 15 is 0 Å². The van der Waals surface area contributed by atoms with Gasteiger partial charge >= 0.3 is 12.3 Å². The van der Waals surface area contributed by atoms with Crippen molar-refractivity contribution in [3.63, 3.8) is 0 Å². The zero-order chi connectivity index (χ0) is 20.7. The first kappa shape index (κ1) is 22.5. The standard InChI is InChI=1S/C19H25F3N2O3/c1-5-6-7-11-15(24-17(26)27-18(2,3)4)16(25)23-14-10-8-9-13(12-14)19(20,21)22/h5,8-10,12,15H,1,6-7,11H2,2-4H3,(H,23,25)(H,24,26)/t15-/m0/s1. The Labute approximate surface area is 157 Å². The molecule has 0 bridgehead atoms. The number of alkyl halides is 3. The number of anilines is 1. The summed E-state index contributed by atoms with van der Waals surface area (Å²) in [6.45, 7) is 8.64. The van der Waals surface area contributed by atoms with Gasteiger partial charge in [-0.3, -0.25) is 4.79 Å². The summed E-state index contributed by atoms with van der Waals surface area (Å²) in [5.74, 6) is -0.621. The zero-order valence-corrected chi connectivity index (χ0v) is 15.7. The molecule has 27 heavy (non-hydrogen) atoms. The van der Waals surface area contributed by atoms with Crippen LogP contribution in [0.5, 0.6) is 0 Å². The molecule has 0 fully saturated rings. The highest BCUT2D eigenvalue weighted by Crippen LogP contribution is 2.30. The first-order chi connectivity index (χ1) is 12.4. The molecule has 0 aliphatic heterocycles. The normalized spacial score (nSPS) is 12.8. The first-order valence-corrected chi connectivity index (χ1v) is 8.51. The molecule has 2 amide bonds. The van der Waals surface area contributed by atoms with Crippen molar-refractivity contribution in [3.8, 4) is 0 Å². The number of nitrogens with one attached hydrogen (secondary N) is 2. The van der Waals surface area contributed by atoms with Crippen molar-refractivity contribution < 1.29 is 27.5 Å². The molecule has 0 radical (unpaired) electrons. The third-order valence-corrected chi connectivity index (χ3v) is 3.37. The monoisotopic (exact) mass is 386 g/mol. The Bertz CT molecular complexity index is 667. The van der Waals surface area contributed by atoms with Crippen LogP contribution in [-0.2, 0) is 15.7 Å². The van der Waals surface area contributed by atoms with E-state index in [2.05, 4.69) is 17.2 Å². The number of hydrogen-bond donors (Lipinski definition) is 2. The SMILES string of the molecule is C=CCCC[C@H](NC(=O)OC(C)(C)C)C(=O)Nc1cccc(C(F)(F)F)c1. The number of hydrogen-bond acceptors (Lipinski definition) is 3. The van der Waals surface area contributed by atoms with Crippen molar-refractivity contribution in [3.05, 3.63) is 42.5 Å². The molecule has 2 N–H and O–H groups in total. The van der Waals surface area contributed by atoms with Crippen LogP contribution in [0.2, 0.25) is 0 Å². The molecule has 0 saturated heterocycles. The van der Waals surface area contributed by atoms with E-state index in [9.17, 15) is 22.8 Å². The quantitative estimate of drug-likeness (QED) is 0.518. The lowest BCUT2D eigenvalue weighted by Crippen LogP contribution is -2.45. The molecular weight excluding hydrogens is 361 g/mol. The van der Waals surface area contributed by atoms with Crippen LogP contribution in [0.4, 0.5) is 23.7 Å². The largest absolute Gasteiger partial charge is 0.444 e. The van der Waals surface area contributed by atoms with Crippen LogP contribution in [0, 0.1) is 0 Å². The molecule has 0 aliphatic carbocycles. The fraction of sp³-hybridized carbons (Fsp3) is 0.474. The molecule has 0 saturated carbocycles. The molecule has 0 unspecified atom stereocenters. The number of carbonyl (C=O) groups excluding carboxylic acids is 2. The van der Waals surface area contributed by atoms with E-state index in [0.717, 1.165) is 12.1 Å². The van der Waals surface area contributed by atoms with Crippen molar-refractivity contribution in [2.24, 2.45) is 0 Å². The maximum Gasteiger partial charge on any atom is 0.416 e. The van der Waals surface area contributed by atoms with Crippen LogP contribution in [0.25, 0.3) is 0 Å². The van der Waals surface area contributed by atoms with Crippen LogP contribution in [-0.4, -0.2) is 23.6 Å². The molecule has 0 heterocycles. The summed E-state index contributed by atoms with van der Waals surface area (Å²) < 4.78 is 43.5. The average Bonchev–Trinajstić information content (AvgIpc) is 2.51. The number of ether oxygens (including phenoxy) is 1. The number of alkyl carbamates (subject to hydrolysis) is 1. The van der Waals surface area contributed by atoms with E-state index in [1.807, 2.05) is 0 Å². The number of rotatable bonds is 7. The highest BCUT2D eigenvalue weighted by Gasteiger charge is 2.31. The Balaban J connectivity index is 2.86. The highest BCUT2D eigenvalue weighted by molar-refractivity contribution is 5.96. The van der Waals surface area contributed by atoms with Crippen LogP contribution in [0.3, 0.4) is 0 Å². The molecule has 0 aromatic heterocycles. The first-order valence-electron chi connectivity index (χ1n) is 8.51. The Kier molecular flexibility index (Phi) is 7.87. The highest BCUT2D eigenvalue weighted by atomic mass is 19.4. The minimum atomic E-state index is -4.52. The maximum atomic E-state index is 12.8. The molecule has 1 aromatic carbocycles. The lowest BCUT2D eigenvalue weighted by atomic mass is 10.1. The van der Waals surface area contributed by atoms with Crippen molar-refractivity contribution >= 4 is 17.7 Å². The van der Waals surface area contributed by atoms with E-state index in [1.54, 1.807) is 26.8 Å². The molecule has 0 spiro atoms. The van der Waals surface area contributed by atoms with Crippen molar-refractivity contribution in [2.75, 3.05) is 5.32 Å². The van der Waals surface area contributed by atoms with E-state index in [0.29, 0.717) is 12.8 Å². The zero-order valence-electron chi connectivity index (χ0n) is 15.7. The van der Waals surface area contributed by atoms with Gasteiger partial charge in [0.15, 0.2) is 0 Å². The molecule has 8 heteroatoms. The van der Waals surface area contributed by atoms with Crippen LogP contribution in [0.1, 0.15) is 45.6 Å². The van der Waals surface area contributed by atoms with E-state index in [1.165, 1.54) is 12.1 Å². The van der Waals surface area contributed by atoms with Gasteiger partial charge in [0.1, 0.15) is 11.6 Å². The predicted octanol–water partition coefficient (Wildman–Crippen LogP) is 4.89. The molecular formula is C19H25F3N2O3. The third-order valence-electron chi connectivity index (χ3n) is 3.37. The number of allylic oxidation sites excluding steroid dienone is 1. The molecule has 0 aliphatic rings.